The molecule has 0 aliphatic heterocycles. The Kier molecular flexibility index (Phi) is 4.98. The van der Waals surface area contributed by atoms with Gasteiger partial charge in [-0.2, -0.15) is 0 Å². The molecule has 0 aromatic heterocycles. The second-order valence-corrected chi connectivity index (χ2v) is 12.4. The molecule has 1 aliphatic carbocycles. The Hall–Kier alpha value is -1.02. The first-order valence-electron chi connectivity index (χ1n) is 8.25. The van der Waals surface area contributed by atoms with Crippen LogP contribution < -0.4 is 0 Å². The predicted octanol–water partition coefficient (Wildman–Crippen LogP) is 6.25. The van der Waals surface area contributed by atoms with Crippen LogP contribution in [0.5, 0.6) is 0 Å². The molecule has 0 saturated heterocycles. The molecule has 0 radical (unpaired) electrons. The van der Waals surface area contributed by atoms with Gasteiger partial charge in [-0.25, -0.2) is 0 Å². The van der Waals surface area contributed by atoms with Gasteiger partial charge in [0.15, 0.2) is 0 Å². The molecule has 1 aliphatic rings. The zero-order chi connectivity index (χ0) is 15.5. The van der Waals surface area contributed by atoms with Crippen molar-refractivity contribution < 1.29 is 4.43 Å². The summed E-state index contributed by atoms with van der Waals surface area (Å²) in [7, 11) is -1.76. The third-order valence-electron chi connectivity index (χ3n) is 5.02. The Balaban J connectivity index is 2.27. The monoisotopic (exact) mass is 302 g/mol. The summed E-state index contributed by atoms with van der Waals surface area (Å²) < 4.78 is 6.69. The Bertz CT molecular complexity index is 482. The lowest BCUT2D eigenvalue weighted by Gasteiger charge is -2.39. The van der Waals surface area contributed by atoms with E-state index in [4.69, 9.17) is 4.43 Å². The third-order valence-corrected chi connectivity index (χ3v) is 9.38. The normalized spacial score (nSPS) is 20.6. The van der Waals surface area contributed by atoms with E-state index in [-0.39, 0.29) is 5.04 Å². The first-order valence-corrected chi connectivity index (χ1v) is 11.2. The van der Waals surface area contributed by atoms with Crippen molar-refractivity contribution >= 4 is 8.32 Å². The summed E-state index contributed by atoms with van der Waals surface area (Å²) >= 11 is 0. The Morgan fingerprint density at radius 3 is 2.33 bits per heavy atom. The van der Waals surface area contributed by atoms with Gasteiger partial charge in [0.05, 0.1) is 5.76 Å². The minimum absolute atomic E-state index is 0.251. The lowest BCUT2D eigenvalue weighted by atomic mass is 9.93. The van der Waals surface area contributed by atoms with Gasteiger partial charge < -0.3 is 4.43 Å². The van der Waals surface area contributed by atoms with E-state index in [9.17, 15) is 0 Å². The fourth-order valence-corrected chi connectivity index (χ4v) is 3.72. The van der Waals surface area contributed by atoms with Crippen molar-refractivity contribution in [3.63, 3.8) is 0 Å². The highest BCUT2D eigenvalue weighted by molar-refractivity contribution is 6.74. The summed E-state index contributed by atoms with van der Waals surface area (Å²) in [5.74, 6) is 1.69. The molecule has 1 nitrogen and oxygen atoms in total. The van der Waals surface area contributed by atoms with Crippen LogP contribution in [0.1, 0.15) is 57.9 Å². The van der Waals surface area contributed by atoms with Gasteiger partial charge in [0.1, 0.15) is 0 Å². The molecule has 0 amide bonds. The average molecular weight is 303 g/mol. The lowest BCUT2D eigenvalue weighted by Crippen LogP contribution is -2.41. The van der Waals surface area contributed by atoms with Crippen molar-refractivity contribution in [1.29, 1.82) is 0 Å². The van der Waals surface area contributed by atoms with E-state index in [0.29, 0.717) is 5.92 Å². The average Bonchev–Trinajstić information content (AvgIpc) is 2.63. The molecular formula is C19H30OSi. The fraction of sp³-hybridized carbons (Fsp3) is 0.579. The quantitative estimate of drug-likeness (QED) is 0.600. The largest absolute Gasteiger partial charge is 0.546 e. The van der Waals surface area contributed by atoms with Crippen LogP contribution in [0.25, 0.3) is 0 Å². The Morgan fingerprint density at radius 1 is 1.05 bits per heavy atom. The van der Waals surface area contributed by atoms with Crippen LogP contribution in [0.15, 0.2) is 42.2 Å². The van der Waals surface area contributed by atoms with Crippen molar-refractivity contribution in [3.05, 3.63) is 47.7 Å². The van der Waals surface area contributed by atoms with Crippen LogP contribution in [-0.2, 0) is 4.43 Å². The molecule has 0 heterocycles. The van der Waals surface area contributed by atoms with Gasteiger partial charge in [-0.05, 0) is 49.0 Å². The summed E-state index contributed by atoms with van der Waals surface area (Å²) in [6.45, 7) is 11.6. The molecule has 0 spiro atoms. The summed E-state index contributed by atoms with van der Waals surface area (Å²) in [5, 5.41) is 0.251. The molecule has 0 unspecified atom stereocenters. The highest BCUT2D eigenvalue weighted by Gasteiger charge is 2.40. The number of allylic oxidation sites excluding steroid dienone is 2. The van der Waals surface area contributed by atoms with Gasteiger partial charge in [-0.15, -0.1) is 0 Å². The number of rotatable bonds is 3. The number of benzene rings is 1. The molecule has 1 aromatic carbocycles. The maximum absolute atomic E-state index is 6.69. The SMILES string of the molecule is CC(C)(C)[Si](C)(C)OC1=CCCCC[C@@H]1c1ccccc1. The zero-order valence-electron chi connectivity index (χ0n) is 14.3. The fourth-order valence-electron chi connectivity index (χ4n) is 2.60. The molecule has 2 heteroatoms. The third kappa shape index (κ3) is 4.00. The summed E-state index contributed by atoms with van der Waals surface area (Å²) in [5.41, 5.74) is 1.41. The van der Waals surface area contributed by atoms with Crippen molar-refractivity contribution in [1.82, 2.24) is 0 Å². The molecule has 1 aromatic rings. The molecule has 116 valence electrons. The maximum atomic E-state index is 6.69. The lowest BCUT2D eigenvalue weighted by molar-refractivity contribution is 0.345. The van der Waals surface area contributed by atoms with Gasteiger partial charge >= 0.3 is 0 Å². The minimum Gasteiger partial charge on any atom is -0.546 e. The molecular weight excluding hydrogens is 272 g/mol. The first-order chi connectivity index (χ1) is 9.81. The van der Waals surface area contributed by atoms with Crippen molar-refractivity contribution in [3.8, 4) is 0 Å². The van der Waals surface area contributed by atoms with Crippen LogP contribution in [-0.4, -0.2) is 8.32 Å². The van der Waals surface area contributed by atoms with Gasteiger partial charge in [0.25, 0.3) is 0 Å². The van der Waals surface area contributed by atoms with E-state index in [1.165, 1.54) is 30.6 Å². The Labute approximate surface area is 131 Å². The number of hydrogen-bond donors (Lipinski definition) is 0. The molecule has 21 heavy (non-hydrogen) atoms. The topological polar surface area (TPSA) is 9.23 Å². The van der Waals surface area contributed by atoms with Crippen molar-refractivity contribution in [2.45, 2.75) is 70.5 Å². The van der Waals surface area contributed by atoms with Crippen LogP contribution >= 0.6 is 0 Å². The molecule has 2 rings (SSSR count). The van der Waals surface area contributed by atoms with E-state index in [2.05, 4.69) is 70.3 Å². The van der Waals surface area contributed by atoms with Gasteiger partial charge in [0.2, 0.25) is 8.32 Å². The standard InChI is InChI=1S/C19H30OSi/c1-19(2,3)21(4,5)20-18-15-11-7-10-14-17(18)16-12-8-6-9-13-16/h6,8-9,12-13,15,17H,7,10-11,14H2,1-5H3/t17-/m1/s1. The summed E-state index contributed by atoms with van der Waals surface area (Å²) in [4.78, 5) is 0. The Morgan fingerprint density at radius 2 is 1.71 bits per heavy atom. The molecule has 1 atom stereocenters. The van der Waals surface area contributed by atoms with Crippen molar-refractivity contribution in [2.75, 3.05) is 0 Å². The predicted molar refractivity (Wildman–Crippen MR) is 94.0 cm³/mol. The second-order valence-electron chi connectivity index (χ2n) is 7.72. The summed E-state index contributed by atoms with van der Waals surface area (Å²) in [6.07, 6.45) is 7.32. The zero-order valence-corrected chi connectivity index (χ0v) is 15.3. The van der Waals surface area contributed by atoms with E-state index in [0.717, 1.165) is 6.42 Å². The van der Waals surface area contributed by atoms with Gasteiger partial charge in [-0.1, -0.05) is 57.5 Å². The molecule has 0 fully saturated rings. The van der Waals surface area contributed by atoms with Crippen LogP contribution in [0.4, 0.5) is 0 Å². The van der Waals surface area contributed by atoms with Crippen LogP contribution in [0, 0.1) is 0 Å². The van der Waals surface area contributed by atoms with Crippen LogP contribution in [0.2, 0.25) is 18.1 Å². The van der Waals surface area contributed by atoms with Gasteiger partial charge in [-0.3, -0.25) is 0 Å². The van der Waals surface area contributed by atoms with Crippen LogP contribution in [0.3, 0.4) is 0 Å². The van der Waals surface area contributed by atoms with E-state index in [1.807, 2.05) is 0 Å². The van der Waals surface area contributed by atoms with Crippen molar-refractivity contribution in [2.24, 2.45) is 0 Å². The number of hydrogen-bond acceptors (Lipinski definition) is 1. The molecule has 0 N–H and O–H groups in total. The highest BCUT2D eigenvalue weighted by atomic mass is 28.4. The minimum atomic E-state index is -1.76. The maximum Gasteiger partial charge on any atom is 0.250 e. The summed E-state index contributed by atoms with van der Waals surface area (Å²) in [6, 6.07) is 10.9. The van der Waals surface area contributed by atoms with E-state index >= 15 is 0 Å². The van der Waals surface area contributed by atoms with E-state index < -0.39 is 8.32 Å². The molecule has 0 saturated carbocycles. The van der Waals surface area contributed by atoms with E-state index in [1.54, 1.807) is 0 Å². The highest BCUT2D eigenvalue weighted by Crippen LogP contribution is 2.42. The second kappa shape index (κ2) is 6.39. The van der Waals surface area contributed by atoms with Gasteiger partial charge in [0, 0.05) is 5.92 Å². The molecule has 0 bridgehead atoms. The first kappa shape index (κ1) is 16.3. The smallest absolute Gasteiger partial charge is 0.250 e.